The number of ketones is 1. The summed E-state index contributed by atoms with van der Waals surface area (Å²) in [6.45, 7) is 5.42. The third-order valence-electron chi connectivity index (χ3n) is 5.04. The lowest BCUT2D eigenvalue weighted by molar-refractivity contribution is -0.145. The molecular weight excluding hydrogens is 250 g/mol. The van der Waals surface area contributed by atoms with Crippen LogP contribution in [0.15, 0.2) is 30.3 Å². The van der Waals surface area contributed by atoms with E-state index in [1.165, 1.54) is 0 Å². The largest absolute Gasteiger partial charge is 0.337 e. The quantitative estimate of drug-likeness (QED) is 0.776. The number of carbonyl (C=O) groups excluding carboxylic acids is 2. The van der Waals surface area contributed by atoms with Gasteiger partial charge in [0.15, 0.2) is 0 Å². The van der Waals surface area contributed by atoms with Gasteiger partial charge in [-0.25, -0.2) is 0 Å². The maximum absolute atomic E-state index is 12.9. The summed E-state index contributed by atoms with van der Waals surface area (Å²) in [5.74, 6) is 0.205. The molecule has 3 rings (SSSR count). The zero-order valence-electron chi connectivity index (χ0n) is 12.2. The van der Waals surface area contributed by atoms with Crippen molar-refractivity contribution in [3.63, 3.8) is 0 Å². The predicted molar refractivity (Wildman–Crippen MR) is 76.9 cm³/mol. The Labute approximate surface area is 120 Å². The number of hydrogen-bond acceptors (Lipinski definition) is 2. The molecule has 1 aromatic carbocycles. The molecule has 1 saturated heterocycles. The molecule has 1 amide bonds. The highest BCUT2D eigenvalue weighted by Crippen LogP contribution is 2.54. The van der Waals surface area contributed by atoms with Gasteiger partial charge in [0.05, 0.1) is 0 Å². The standard InChI is InChI=1S/C17H21NO2/c1-16(2)12-18(11-13-7-4-3-5-8-13)15(20)17(16)10-6-9-14(17)19/h3-5,7-8H,6,9-12H2,1-2H3. The Morgan fingerprint density at radius 3 is 2.45 bits per heavy atom. The third-order valence-corrected chi connectivity index (χ3v) is 5.04. The van der Waals surface area contributed by atoms with E-state index in [0.29, 0.717) is 19.5 Å². The zero-order chi connectivity index (χ0) is 14.4. The first kappa shape index (κ1) is 13.3. The highest BCUT2D eigenvalue weighted by Gasteiger charge is 2.64. The Morgan fingerprint density at radius 2 is 1.85 bits per heavy atom. The molecule has 1 aliphatic heterocycles. The molecule has 1 atom stereocenters. The predicted octanol–water partition coefficient (Wildman–Crippen LogP) is 2.79. The van der Waals surface area contributed by atoms with Crippen molar-refractivity contribution in [1.29, 1.82) is 0 Å². The number of amides is 1. The van der Waals surface area contributed by atoms with Crippen molar-refractivity contribution in [3.05, 3.63) is 35.9 Å². The number of carbonyl (C=O) groups is 2. The summed E-state index contributed by atoms with van der Waals surface area (Å²) in [6, 6.07) is 10.00. The van der Waals surface area contributed by atoms with E-state index >= 15 is 0 Å². The van der Waals surface area contributed by atoms with E-state index in [0.717, 1.165) is 18.4 Å². The van der Waals surface area contributed by atoms with Gasteiger partial charge in [0.25, 0.3) is 0 Å². The summed E-state index contributed by atoms with van der Waals surface area (Å²) in [6.07, 6.45) is 2.14. The molecule has 0 N–H and O–H groups in total. The fraction of sp³-hybridized carbons (Fsp3) is 0.529. The molecule has 1 aromatic rings. The van der Waals surface area contributed by atoms with Gasteiger partial charge in [-0.05, 0) is 18.4 Å². The molecular formula is C17H21NO2. The van der Waals surface area contributed by atoms with Gasteiger partial charge in [0.1, 0.15) is 11.2 Å². The fourth-order valence-corrected chi connectivity index (χ4v) is 3.98. The van der Waals surface area contributed by atoms with Crippen LogP contribution in [0, 0.1) is 10.8 Å². The average molecular weight is 271 g/mol. The molecule has 3 nitrogen and oxygen atoms in total. The summed E-state index contributed by atoms with van der Waals surface area (Å²) in [5, 5.41) is 0. The summed E-state index contributed by atoms with van der Waals surface area (Å²) in [5.41, 5.74) is 0.118. The molecule has 1 saturated carbocycles. The van der Waals surface area contributed by atoms with Gasteiger partial charge < -0.3 is 4.90 Å². The van der Waals surface area contributed by atoms with Crippen LogP contribution in [0.5, 0.6) is 0 Å². The van der Waals surface area contributed by atoms with E-state index in [9.17, 15) is 9.59 Å². The molecule has 1 unspecified atom stereocenters. The first-order valence-corrected chi connectivity index (χ1v) is 7.34. The minimum Gasteiger partial charge on any atom is -0.337 e. The van der Waals surface area contributed by atoms with Gasteiger partial charge in [-0.3, -0.25) is 9.59 Å². The van der Waals surface area contributed by atoms with E-state index < -0.39 is 5.41 Å². The molecule has 1 spiro atoms. The topological polar surface area (TPSA) is 37.4 Å². The summed E-state index contributed by atoms with van der Waals surface area (Å²) >= 11 is 0. The van der Waals surface area contributed by atoms with Crippen molar-refractivity contribution >= 4 is 11.7 Å². The molecule has 3 heteroatoms. The van der Waals surface area contributed by atoms with Gasteiger partial charge in [-0.15, -0.1) is 0 Å². The monoisotopic (exact) mass is 271 g/mol. The average Bonchev–Trinajstić information content (AvgIpc) is 2.88. The van der Waals surface area contributed by atoms with Crippen LogP contribution in [0.1, 0.15) is 38.7 Å². The fourth-order valence-electron chi connectivity index (χ4n) is 3.98. The number of nitrogens with zero attached hydrogens (tertiary/aromatic N) is 1. The highest BCUT2D eigenvalue weighted by atomic mass is 16.2. The summed E-state index contributed by atoms with van der Waals surface area (Å²) < 4.78 is 0. The third kappa shape index (κ3) is 1.72. The van der Waals surface area contributed by atoms with Gasteiger partial charge in [-0.2, -0.15) is 0 Å². The first-order valence-electron chi connectivity index (χ1n) is 7.34. The van der Waals surface area contributed by atoms with E-state index in [-0.39, 0.29) is 17.1 Å². The first-order chi connectivity index (χ1) is 9.47. The van der Waals surface area contributed by atoms with Crippen molar-refractivity contribution in [2.24, 2.45) is 10.8 Å². The molecule has 2 aliphatic rings. The number of likely N-dealkylation sites (tertiary alicyclic amines) is 1. The van der Waals surface area contributed by atoms with Gasteiger partial charge in [-0.1, -0.05) is 44.2 Å². The molecule has 0 radical (unpaired) electrons. The lowest BCUT2D eigenvalue weighted by atomic mass is 9.66. The second-order valence-electron chi connectivity index (χ2n) is 6.71. The van der Waals surface area contributed by atoms with Gasteiger partial charge >= 0.3 is 0 Å². The number of benzene rings is 1. The van der Waals surface area contributed by atoms with Crippen molar-refractivity contribution in [2.75, 3.05) is 6.54 Å². The van der Waals surface area contributed by atoms with E-state index in [1.807, 2.05) is 35.2 Å². The molecule has 1 heterocycles. The molecule has 20 heavy (non-hydrogen) atoms. The van der Waals surface area contributed by atoms with Crippen LogP contribution in [-0.2, 0) is 16.1 Å². The number of rotatable bonds is 2. The minimum atomic E-state index is -0.748. The lowest BCUT2D eigenvalue weighted by Gasteiger charge is -2.32. The Kier molecular flexibility index (Phi) is 2.96. The van der Waals surface area contributed by atoms with Crippen LogP contribution in [0.3, 0.4) is 0 Å². The van der Waals surface area contributed by atoms with Crippen LogP contribution in [0.25, 0.3) is 0 Å². The second-order valence-corrected chi connectivity index (χ2v) is 6.71. The minimum absolute atomic E-state index is 0.0499. The van der Waals surface area contributed by atoms with E-state index in [4.69, 9.17) is 0 Å². The Balaban J connectivity index is 1.90. The normalized spacial score (nSPS) is 28.6. The van der Waals surface area contributed by atoms with Crippen LogP contribution in [0.2, 0.25) is 0 Å². The smallest absolute Gasteiger partial charge is 0.237 e. The second kappa shape index (κ2) is 4.44. The van der Waals surface area contributed by atoms with E-state index in [1.54, 1.807) is 0 Å². The molecule has 1 aliphatic carbocycles. The maximum Gasteiger partial charge on any atom is 0.237 e. The summed E-state index contributed by atoms with van der Waals surface area (Å²) in [7, 11) is 0. The lowest BCUT2D eigenvalue weighted by Crippen LogP contribution is -2.43. The molecule has 0 aromatic heterocycles. The molecule has 106 valence electrons. The van der Waals surface area contributed by atoms with Crippen molar-refractivity contribution in [3.8, 4) is 0 Å². The zero-order valence-corrected chi connectivity index (χ0v) is 12.2. The van der Waals surface area contributed by atoms with Crippen LogP contribution < -0.4 is 0 Å². The van der Waals surface area contributed by atoms with Gasteiger partial charge in [0.2, 0.25) is 5.91 Å². The van der Waals surface area contributed by atoms with E-state index in [2.05, 4.69) is 13.8 Å². The SMILES string of the molecule is CC1(C)CN(Cc2ccccc2)C(=O)C12CCCC2=O. The van der Waals surface area contributed by atoms with Gasteiger partial charge in [0, 0.05) is 24.9 Å². The number of hydrogen-bond donors (Lipinski definition) is 0. The van der Waals surface area contributed by atoms with Crippen molar-refractivity contribution in [2.45, 2.75) is 39.7 Å². The molecule has 2 fully saturated rings. The van der Waals surface area contributed by atoms with Crippen molar-refractivity contribution in [1.82, 2.24) is 4.90 Å². The van der Waals surface area contributed by atoms with Crippen molar-refractivity contribution < 1.29 is 9.59 Å². The van der Waals surface area contributed by atoms with Crippen LogP contribution in [-0.4, -0.2) is 23.1 Å². The Morgan fingerprint density at radius 1 is 1.15 bits per heavy atom. The van der Waals surface area contributed by atoms with Crippen LogP contribution in [0.4, 0.5) is 0 Å². The van der Waals surface area contributed by atoms with Crippen LogP contribution >= 0.6 is 0 Å². The Hall–Kier alpha value is -1.64. The molecule has 0 bridgehead atoms. The Bertz CT molecular complexity index is 549. The summed E-state index contributed by atoms with van der Waals surface area (Å²) in [4.78, 5) is 27.1. The number of Topliss-reactive ketones (excluding diaryl/α,β-unsaturated/α-hetero) is 1. The maximum atomic E-state index is 12.9. The highest BCUT2D eigenvalue weighted by molar-refractivity contribution is 6.09.